The van der Waals surface area contributed by atoms with Gasteiger partial charge in [-0.05, 0) is 47.0 Å². The van der Waals surface area contributed by atoms with Crippen LogP contribution in [0.4, 0.5) is 0 Å². The molecule has 0 spiro atoms. The molecule has 0 radical (unpaired) electrons. The Morgan fingerprint density at radius 3 is 2.83 bits per heavy atom. The standard InChI is InChI=1S/C13H14BrNO3/c1-7-4-8(2)12-9(6-11(16)15-17-3)13(14)18-10(12)5-7/h4-5H,6H2,1-3H3,(H,15,16). The van der Waals surface area contributed by atoms with Gasteiger partial charge in [0.15, 0.2) is 4.67 Å². The van der Waals surface area contributed by atoms with Gasteiger partial charge in [-0.25, -0.2) is 5.48 Å². The fraction of sp³-hybridized carbons (Fsp3) is 0.308. The van der Waals surface area contributed by atoms with Gasteiger partial charge >= 0.3 is 0 Å². The molecule has 4 nitrogen and oxygen atoms in total. The Hall–Kier alpha value is -1.33. The Labute approximate surface area is 113 Å². The molecule has 0 fully saturated rings. The molecule has 2 rings (SSSR count). The third kappa shape index (κ3) is 2.42. The normalized spacial score (nSPS) is 10.9. The van der Waals surface area contributed by atoms with E-state index in [-0.39, 0.29) is 12.3 Å². The molecule has 0 aliphatic carbocycles. The van der Waals surface area contributed by atoms with Gasteiger partial charge in [-0.15, -0.1) is 0 Å². The molecule has 1 aromatic heterocycles. The molecule has 96 valence electrons. The van der Waals surface area contributed by atoms with E-state index in [1.54, 1.807) is 0 Å². The van der Waals surface area contributed by atoms with Crippen LogP contribution in [-0.4, -0.2) is 13.0 Å². The van der Waals surface area contributed by atoms with Gasteiger partial charge in [0.05, 0.1) is 13.5 Å². The van der Waals surface area contributed by atoms with E-state index in [2.05, 4.69) is 32.3 Å². The van der Waals surface area contributed by atoms with Gasteiger partial charge in [0.25, 0.3) is 0 Å². The van der Waals surface area contributed by atoms with Crippen molar-refractivity contribution in [1.29, 1.82) is 0 Å². The number of rotatable bonds is 3. The molecule has 1 aromatic carbocycles. The zero-order chi connectivity index (χ0) is 13.3. The Morgan fingerprint density at radius 1 is 1.44 bits per heavy atom. The first-order valence-electron chi connectivity index (χ1n) is 5.53. The van der Waals surface area contributed by atoms with Crippen LogP contribution in [0.5, 0.6) is 0 Å². The van der Waals surface area contributed by atoms with Crippen LogP contribution in [0.2, 0.25) is 0 Å². The number of nitrogens with one attached hydrogen (secondary N) is 1. The fourth-order valence-corrected chi connectivity index (χ4v) is 2.63. The summed E-state index contributed by atoms with van der Waals surface area (Å²) >= 11 is 3.36. The molecule has 0 aliphatic heterocycles. The van der Waals surface area contributed by atoms with E-state index in [4.69, 9.17) is 4.42 Å². The van der Waals surface area contributed by atoms with Gasteiger partial charge in [0, 0.05) is 10.9 Å². The summed E-state index contributed by atoms with van der Waals surface area (Å²) in [6, 6.07) is 4.03. The van der Waals surface area contributed by atoms with E-state index < -0.39 is 0 Å². The lowest BCUT2D eigenvalue weighted by Gasteiger charge is -2.03. The second kappa shape index (κ2) is 5.12. The van der Waals surface area contributed by atoms with Crippen LogP contribution in [0.1, 0.15) is 16.7 Å². The van der Waals surface area contributed by atoms with Gasteiger partial charge < -0.3 is 4.42 Å². The Balaban J connectivity index is 2.50. The summed E-state index contributed by atoms with van der Waals surface area (Å²) < 4.78 is 6.23. The number of aryl methyl sites for hydroxylation is 2. The second-order valence-electron chi connectivity index (χ2n) is 4.22. The molecule has 1 heterocycles. The fourth-order valence-electron chi connectivity index (χ4n) is 2.12. The molecule has 18 heavy (non-hydrogen) atoms. The van der Waals surface area contributed by atoms with Gasteiger partial charge in [0.1, 0.15) is 5.58 Å². The number of hydroxylamine groups is 1. The molecular formula is C13H14BrNO3. The number of fused-ring (bicyclic) bond motifs is 1. The van der Waals surface area contributed by atoms with Crippen LogP contribution >= 0.6 is 15.9 Å². The first-order valence-corrected chi connectivity index (χ1v) is 6.32. The second-order valence-corrected chi connectivity index (χ2v) is 4.94. The number of halogens is 1. The maximum Gasteiger partial charge on any atom is 0.248 e. The summed E-state index contributed by atoms with van der Waals surface area (Å²) in [6.45, 7) is 4.02. The van der Waals surface area contributed by atoms with Gasteiger partial charge in [-0.3, -0.25) is 9.63 Å². The van der Waals surface area contributed by atoms with Gasteiger partial charge in [-0.1, -0.05) is 6.07 Å². The van der Waals surface area contributed by atoms with Gasteiger partial charge in [-0.2, -0.15) is 0 Å². The molecule has 1 amide bonds. The number of carbonyl (C=O) groups is 1. The van der Waals surface area contributed by atoms with Crippen molar-refractivity contribution in [3.05, 3.63) is 33.5 Å². The largest absolute Gasteiger partial charge is 0.449 e. The Bertz CT molecular complexity index is 604. The van der Waals surface area contributed by atoms with Crippen LogP contribution in [0.3, 0.4) is 0 Å². The number of amides is 1. The molecule has 5 heteroatoms. The zero-order valence-corrected chi connectivity index (χ0v) is 12.1. The lowest BCUT2D eigenvalue weighted by atomic mass is 10.0. The minimum atomic E-state index is -0.208. The Morgan fingerprint density at radius 2 is 2.17 bits per heavy atom. The number of benzene rings is 1. The van der Waals surface area contributed by atoms with E-state index in [0.29, 0.717) is 4.67 Å². The molecule has 1 N–H and O–H groups in total. The van der Waals surface area contributed by atoms with Crippen molar-refractivity contribution in [2.75, 3.05) is 7.11 Å². The summed E-state index contributed by atoms with van der Waals surface area (Å²) in [5.74, 6) is -0.208. The highest BCUT2D eigenvalue weighted by Gasteiger charge is 2.17. The first kappa shape index (κ1) is 13.1. The Kier molecular flexibility index (Phi) is 3.73. The van der Waals surface area contributed by atoms with Crippen LogP contribution in [0.25, 0.3) is 11.0 Å². The average Bonchev–Trinajstić information content (AvgIpc) is 2.55. The summed E-state index contributed by atoms with van der Waals surface area (Å²) in [5.41, 5.74) is 6.17. The maximum absolute atomic E-state index is 11.6. The quantitative estimate of drug-likeness (QED) is 0.886. The van der Waals surface area contributed by atoms with Crippen molar-refractivity contribution in [3.8, 4) is 0 Å². The lowest BCUT2D eigenvalue weighted by Crippen LogP contribution is -2.23. The van der Waals surface area contributed by atoms with E-state index in [1.165, 1.54) is 7.11 Å². The SMILES string of the molecule is CONC(=O)Cc1c(Br)oc2cc(C)cc(C)c12. The highest BCUT2D eigenvalue weighted by molar-refractivity contribution is 9.10. The average molecular weight is 312 g/mol. The van der Waals surface area contributed by atoms with Crippen molar-refractivity contribution in [2.24, 2.45) is 0 Å². The van der Waals surface area contributed by atoms with Crippen molar-refractivity contribution >= 4 is 32.8 Å². The molecule has 0 aliphatic rings. The molecule has 0 saturated carbocycles. The highest BCUT2D eigenvalue weighted by Crippen LogP contribution is 2.33. The van der Waals surface area contributed by atoms with E-state index in [0.717, 1.165) is 27.7 Å². The monoisotopic (exact) mass is 311 g/mol. The maximum atomic E-state index is 11.6. The summed E-state index contributed by atoms with van der Waals surface area (Å²) in [5, 5.41) is 0.985. The first-order chi connectivity index (χ1) is 8.52. The predicted molar refractivity (Wildman–Crippen MR) is 72.2 cm³/mol. The number of hydrogen-bond donors (Lipinski definition) is 1. The van der Waals surface area contributed by atoms with E-state index in [9.17, 15) is 4.79 Å². The van der Waals surface area contributed by atoms with Crippen LogP contribution in [0.15, 0.2) is 21.2 Å². The summed E-state index contributed by atoms with van der Waals surface area (Å²) in [6.07, 6.45) is 0.214. The third-order valence-corrected chi connectivity index (χ3v) is 3.38. The van der Waals surface area contributed by atoms with Crippen LogP contribution in [0, 0.1) is 13.8 Å². The third-order valence-electron chi connectivity index (χ3n) is 2.74. The highest BCUT2D eigenvalue weighted by atomic mass is 79.9. The van der Waals surface area contributed by atoms with E-state index >= 15 is 0 Å². The zero-order valence-electron chi connectivity index (χ0n) is 10.5. The number of hydrogen-bond acceptors (Lipinski definition) is 3. The molecule has 0 bridgehead atoms. The molecule has 0 atom stereocenters. The van der Waals surface area contributed by atoms with Crippen LogP contribution in [-0.2, 0) is 16.1 Å². The van der Waals surface area contributed by atoms with E-state index in [1.807, 2.05) is 19.9 Å². The predicted octanol–water partition coefficient (Wildman–Crippen LogP) is 3.03. The molecule has 2 aromatic rings. The topological polar surface area (TPSA) is 51.5 Å². The van der Waals surface area contributed by atoms with Crippen molar-refractivity contribution in [3.63, 3.8) is 0 Å². The van der Waals surface area contributed by atoms with Crippen molar-refractivity contribution in [1.82, 2.24) is 5.48 Å². The number of carbonyl (C=O) groups excluding carboxylic acids is 1. The summed E-state index contributed by atoms with van der Waals surface area (Å²) in [7, 11) is 1.41. The van der Waals surface area contributed by atoms with Crippen LogP contribution < -0.4 is 5.48 Å². The molecule has 0 unspecified atom stereocenters. The van der Waals surface area contributed by atoms with Crippen molar-refractivity contribution < 1.29 is 14.0 Å². The lowest BCUT2D eigenvalue weighted by molar-refractivity contribution is -0.130. The van der Waals surface area contributed by atoms with Crippen molar-refractivity contribution in [2.45, 2.75) is 20.3 Å². The minimum Gasteiger partial charge on any atom is -0.449 e. The van der Waals surface area contributed by atoms with Gasteiger partial charge in [0.2, 0.25) is 5.91 Å². The smallest absolute Gasteiger partial charge is 0.248 e. The summed E-state index contributed by atoms with van der Waals surface area (Å²) in [4.78, 5) is 16.2. The molecule has 0 saturated heterocycles. The number of furan rings is 1. The minimum absolute atomic E-state index is 0.208. The molecular weight excluding hydrogens is 298 g/mol.